The van der Waals surface area contributed by atoms with Gasteiger partial charge in [-0.05, 0) is 32.0 Å². The normalized spacial score (nSPS) is 11.5. The summed E-state index contributed by atoms with van der Waals surface area (Å²) in [6, 6.07) is 4.74. The van der Waals surface area contributed by atoms with E-state index in [-0.39, 0.29) is 25.6 Å². The number of carbonyl (C=O) groups excluding carboxylic acids is 3. The van der Waals surface area contributed by atoms with Crippen LogP contribution < -0.4 is 15.5 Å². The zero-order chi connectivity index (χ0) is 18.1. The van der Waals surface area contributed by atoms with Crippen LogP contribution in [-0.2, 0) is 14.3 Å². The molecule has 1 aromatic carbocycles. The number of carbonyl (C=O) groups is 3. The number of ether oxygens (including phenoxy) is 1. The fourth-order valence-electron chi connectivity index (χ4n) is 1.88. The maximum absolute atomic E-state index is 12.1. The molecule has 0 spiro atoms. The van der Waals surface area contributed by atoms with Crippen LogP contribution in [0.5, 0.6) is 0 Å². The molecule has 0 saturated carbocycles. The van der Waals surface area contributed by atoms with E-state index in [0.717, 1.165) is 0 Å². The first-order valence-electron chi connectivity index (χ1n) is 7.40. The molecule has 1 aromatic rings. The third-order valence-corrected chi connectivity index (χ3v) is 3.61. The van der Waals surface area contributed by atoms with Crippen molar-refractivity contribution in [2.24, 2.45) is 0 Å². The van der Waals surface area contributed by atoms with E-state index in [0.29, 0.717) is 27.2 Å². The van der Waals surface area contributed by atoms with Crippen LogP contribution >= 0.6 is 23.2 Å². The molecule has 0 saturated heterocycles. The highest BCUT2D eigenvalue weighted by molar-refractivity contribution is 6.35. The zero-order valence-electron chi connectivity index (χ0n) is 13.4. The Balaban J connectivity index is 2.55. The number of nitrogens with one attached hydrogen (secondary N) is 3. The highest BCUT2D eigenvalue weighted by Crippen LogP contribution is 2.25. The fourth-order valence-corrected chi connectivity index (χ4v) is 2.22. The number of benzene rings is 1. The summed E-state index contributed by atoms with van der Waals surface area (Å²) in [5.74, 6) is -0.834. The second kappa shape index (κ2) is 10.1. The maximum atomic E-state index is 12.1. The number of quaternary nitrogens is 1. The highest BCUT2D eigenvalue weighted by atomic mass is 35.5. The van der Waals surface area contributed by atoms with Crippen molar-refractivity contribution in [3.8, 4) is 0 Å². The lowest BCUT2D eigenvalue weighted by molar-refractivity contribution is -0.881. The standard InChI is InChI=1S/C15H19Cl2N3O4/c1-3-20(9-14(22)19-15(23)24-4-2)8-13(21)18-12-7-10(16)5-6-11(12)17/h5-7H,3-4,8-9H2,1-2H3,(H,18,21)(H,19,22,23)/p+1. The van der Waals surface area contributed by atoms with Gasteiger partial charge >= 0.3 is 6.09 Å². The average molecular weight is 377 g/mol. The molecule has 3 amide bonds. The molecule has 132 valence electrons. The van der Waals surface area contributed by atoms with Crippen molar-refractivity contribution < 1.29 is 24.0 Å². The molecule has 9 heteroatoms. The number of amides is 3. The van der Waals surface area contributed by atoms with E-state index in [2.05, 4.69) is 15.4 Å². The van der Waals surface area contributed by atoms with Gasteiger partial charge in [-0.2, -0.15) is 0 Å². The van der Waals surface area contributed by atoms with E-state index in [1.165, 1.54) is 0 Å². The van der Waals surface area contributed by atoms with E-state index >= 15 is 0 Å². The summed E-state index contributed by atoms with van der Waals surface area (Å²) in [6.07, 6.45) is -0.798. The summed E-state index contributed by atoms with van der Waals surface area (Å²) in [7, 11) is 0. The summed E-state index contributed by atoms with van der Waals surface area (Å²) >= 11 is 11.9. The highest BCUT2D eigenvalue weighted by Gasteiger charge is 2.19. The minimum absolute atomic E-state index is 0.0357. The summed E-state index contributed by atoms with van der Waals surface area (Å²) < 4.78 is 4.63. The predicted molar refractivity (Wildman–Crippen MR) is 91.5 cm³/mol. The van der Waals surface area contributed by atoms with Gasteiger partial charge in [0.2, 0.25) is 0 Å². The summed E-state index contributed by atoms with van der Waals surface area (Å²) in [5.41, 5.74) is 0.403. The second-order valence-electron chi connectivity index (χ2n) is 4.90. The van der Waals surface area contributed by atoms with Gasteiger partial charge in [-0.25, -0.2) is 4.79 Å². The largest absolute Gasteiger partial charge is 0.450 e. The van der Waals surface area contributed by atoms with Gasteiger partial charge in [-0.3, -0.25) is 14.9 Å². The van der Waals surface area contributed by atoms with Crippen molar-refractivity contribution in [3.05, 3.63) is 28.2 Å². The van der Waals surface area contributed by atoms with Crippen molar-refractivity contribution in [2.45, 2.75) is 13.8 Å². The van der Waals surface area contributed by atoms with Gasteiger partial charge < -0.3 is 15.0 Å². The van der Waals surface area contributed by atoms with Crippen LogP contribution in [0.2, 0.25) is 10.0 Å². The van der Waals surface area contributed by atoms with E-state index < -0.39 is 12.0 Å². The minimum Gasteiger partial charge on any atom is -0.450 e. The molecule has 24 heavy (non-hydrogen) atoms. The van der Waals surface area contributed by atoms with Crippen LogP contribution in [-0.4, -0.2) is 44.1 Å². The van der Waals surface area contributed by atoms with Gasteiger partial charge in [-0.1, -0.05) is 23.2 Å². The topological polar surface area (TPSA) is 88.9 Å². The Bertz CT molecular complexity index is 610. The van der Waals surface area contributed by atoms with E-state index in [1.54, 1.807) is 25.1 Å². The Kier molecular flexibility index (Phi) is 8.53. The van der Waals surface area contributed by atoms with E-state index in [9.17, 15) is 14.4 Å². The number of rotatable bonds is 7. The average Bonchev–Trinajstić information content (AvgIpc) is 2.50. The smallest absolute Gasteiger partial charge is 0.414 e. The first-order valence-corrected chi connectivity index (χ1v) is 8.16. The number of hydrogen-bond acceptors (Lipinski definition) is 4. The monoisotopic (exact) mass is 376 g/mol. The number of halogens is 2. The first kappa shape index (κ1) is 20.2. The molecule has 0 heterocycles. The number of imide groups is 1. The van der Waals surface area contributed by atoms with Crippen LogP contribution in [0.15, 0.2) is 18.2 Å². The third kappa shape index (κ3) is 7.16. The third-order valence-electron chi connectivity index (χ3n) is 3.04. The molecule has 1 unspecified atom stereocenters. The van der Waals surface area contributed by atoms with Crippen molar-refractivity contribution in [1.82, 2.24) is 5.32 Å². The van der Waals surface area contributed by atoms with Crippen LogP contribution in [0.3, 0.4) is 0 Å². The molecule has 0 aromatic heterocycles. The van der Waals surface area contributed by atoms with Crippen molar-refractivity contribution in [3.63, 3.8) is 0 Å². The summed E-state index contributed by atoms with van der Waals surface area (Å²) in [6.45, 7) is 4.16. The Morgan fingerprint density at radius 1 is 1.12 bits per heavy atom. The molecule has 3 N–H and O–H groups in total. The molecule has 0 bridgehead atoms. The first-order chi connectivity index (χ1) is 11.3. The molecular formula is C15H20Cl2N3O4+. The van der Waals surface area contributed by atoms with Gasteiger partial charge in [0.05, 0.1) is 23.9 Å². The molecule has 1 atom stereocenters. The Labute approximate surface area is 150 Å². The molecule has 7 nitrogen and oxygen atoms in total. The van der Waals surface area contributed by atoms with E-state index in [4.69, 9.17) is 23.2 Å². The van der Waals surface area contributed by atoms with Gasteiger partial charge in [-0.15, -0.1) is 0 Å². The Morgan fingerprint density at radius 2 is 1.79 bits per heavy atom. The number of hydrogen-bond donors (Lipinski definition) is 3. The van der Waals surface area contributed by atoms with E-state index in [1.807, 2.05) is 6.92 Å². The van der Waals surface area contributed by atoms with Gasteiger partial charge in [0.1, 0.15) is 0 Å². The van der Waals surface area contributed by atoms with Crippen molar-refractivity contribution in [2.75, 3.05) is 31.6 Å². The Morgan fingerprint density at radius 3 is 2.42 bits per heavy atom. The quantitative estimate of drug-likeness (QED) is 0.664. The fraction of sp³-hybridized carbons (Fsp3) is 0.400. The van der Waals surface area contributed by atoms with Crippen LogP contribution in [0, 0.1) is 0 Å². The number of anilines is 1. The van der Waals surface area contributed by atoms with Crippen molar-refractivity contribution >= 4 is 46.8 Å². The number of likely N-dealkylation sites (N-methyl/N-ethyl adjacent to an activating group) is 1. The second-order valence-corrected chi connectivity index (χ2v) is 5.74. The van der Waals surface area contributed by atoms with Crippen LogP contribution in [0.4, 0.5) is 10.5 Å². The summed E-state index contributed by atoms with van der Waals surface area (Å²) in [5, 5.41) is 5.56. The molecule has 0 aliphatic rings. The van der Waals surface area contributed by atoms with Gasteiger partial charge in [0, 0.05) is 5.02 Å². The lowest BCUT2D eigenvalue weighted by Gasteiger charge is -2.17. The minimum atomic E-state index is -0.798. The Hall–Kier alpha value is -1.83. The molecule has 0 radical (unpaired) electrons. The zero-order valence-corrected chi connectivity index (χ0v) is 15.0. The maximum Gasteiger partial charge on any atom is 0.414 e. The van der Waals surface area contributed by atoms with Gasteiger partial charge in [0.15, 0.2) is 13.1 Å². The molecule has 0 fully saturated rings. The van der Waals surface area contributed by atoms with Crippen LogP contribution in [0.25, 0.3) is 0 Å². The molecule has 0 aliphatic carbocycles. The van der Waals surface area contributed by atoms with Crippen molar-refractivity contribution in [1.29, 1.82) is 0 Å². The molecule has 0 aliphatic heterocycles. The lowest BCUT2D eigenvalue weighted by Crippen LogP contribution is -3.14. The lowest BCUT2D eigenvalue weighted by atomic mass is 10.3. The SMILES string of the molecule is CCOC(=O)NC(=O)C[NH+](CC)CC(=O)Nc1cc(Cl)ccc1Cl. The molecular weight excluding hydrogens is 357 g/mol. The van der Waals surface area contributed by atoms with Gasteiger partial charge in [0.25, 0.3) is 11.8 Å². The predicted octanol–water partition coefficient (Wildman–Crippen LogP) is 1.11. The number of alkyl carbamates (subject to hydrolysis) is 1. The summed E-state index contributed by atoms with van der Waals surface area (Å²) in [4.78, 5) is 35.7. The van der Waals surface area contributed by atoms with Crippen LogP contribution in [0.1, 0.15) is 13.8 Å². The molecule has 1 rings (SSSR count).